The number of carbonyl (C=O) groups excluding carboxylic acids is 2. The van der Waals surface area contributed by atoms with Crippen molar-refractivity contribution in [3.63, 3.8) is 0 Å². The number of nitro benzene ring substituents is 1. The number of rotatable bonds is 8. The molecule has 0 aliphatic rings. The third kappa shape index (κ3) is 6.83. The Kier molecular flexibility index (Phi) is 7.86. The van der Waals surface area contributed by atoms with Crippen molar-refractivity contribution < 1.29 is 14.5 Å². The van der Waals surface area contributed by atoms with Crippen LogP contribution in [0.4, 0.5) is 17.1 Å². The molecule has 7 nitrogen and oxygen atoms in total. The number of amides is 2. The lowest BCUT2D eigenvalue weighted by atomic mass is 10.1. The van der Waals surface area contributed by atoms with Crippen LogP contribution in [0.1, 0.15) is 11.1 Å². The average molecular weight is 470 g/mol. The van der Waals surface area contributed by atoms with E-state index in [1.54, 1.807) is 37.3 Å². The van der Waals surface area contributed by atoms with Crippen molar-refractivity contribution in [3.05, 3.63) is 93.0 Å². The van der Waals surface area contributed by atoms with Crippen LogP contribution in [0.2, 0.25) is 5.02 Å². The highest BCUT2D eigenvalue weighted by atomic mass is 35.5. The number of aryl methyl sites for hydroxylation is 1. The quantitative estimate of drug-likeness (QED) is 0.259. The van der Waals surface area contributed by atoms with E-state index in [9.17, 15) is 19.7 Å². The second-order valence-corrected chi connectivity index (χ2v) is 8.45. The Hall–Kier alpha value is -3.36. The van der Waals surface area contributed by atoms with Gasteiger partial charge < -0.3 is 10.6 Å². The standard InChI is InChI=1S/C23H20ClN3O4S/c1-15-2-9-19(27(30)31)13-21(15)26-23(29)14-32-20-10-7-18(8-11-20)25-22(28)12-16-3-5-17(24)6-4-16/h2-11,13H,12,14H2,1H3,(H,25,28)(H,26,29). The van der Waals surface area contributed by atoms with Crippen LogP contribution < -0.4 is 10.6 Å². The number of non-ortho nitro benzene ring substituents is 1. The highest BCUT2D eigenvalue weighted by molar-refractivity contribution is 8.00. The zero-order chi connectivity index (χ0) is 23.1. The summed E-state index contributed by atoms with van der Waals surface area (Å²) in [6.45, 7) is 1.77. The van der Waals surface area contributed by atoms with Gasteiger partial charge in [0.05, 0.1) is 22.8 Å². The average Bonchev–Trinajstić information content (AvgIpc) is 2.76. The monoisotopic (exact) mass is 469 g/mol. The summed E-state index contributed by atoms with van der Waals surface area (Å²) in [7, 11) is 0. The van der Waals surface area contributed by atoms with Gasteiger partial charge in [-0.05, 0) is 54.4 Å². The van der Waals surface area contributed by atoms with Crippen LogP contribution in [0, 0.1) is 17.0 Å². The van der Waals surface area contributed by atoms with Gasteiger partial charge in [-0.3, -0.25) is 19.7 Å². The fourth-order valence-electron chi connectivity index (χ4n) is 2.82. The van der Waals surface area contributed by atoms with Crippen LogP contribution in [0.25, 0.3) is 0 Å². The lowest BCUT2D eigenvalue weighted by Gasteiger charge is -2.09. The molecule has 0 aromatic heterocycles. The lowest BCUT2D eigenvalue weighted by Crippen LogP contribution is -2.15. The van der Waals surface area contributed by atoms with Crippen molar-refractivity contribution in [2.75, 3.05) is 16.4 Å². The molecule has 0 unspecified atom stereocenters. The molecule has 164 valence electrons. The molecule has 0 spiro atoms. The fraction of sp³-hybridized carbons (Fsp3) is 0.130. The number of benzene rings is 3. The maximum atomic E-state index is 12.3. The van der Waals surface area contributed by atoms with Crippen molar-refractivity contribution in [2.24, 2.45) is 0 Å². The topological polar surface area (TPSA) is 101 Å². The third-order valence-electron chi connectivity index (χ3n) is 4.49. The number of halogens is 1. The fourth-order valence-corrected chi connectivity index (χ4v) is 3.65. The van der Waals surface area contributed by atoms with Gasteiger partial charge >= 0.3 is 0 Å². The van der Waals surface area contributed by atoms with Crippen molar-refractivity contribution >= 4 is 52.2 Å². The summed E-state index contributed by atoms with van der Waals surface area (Å²) in [4.78, 5) is 35.7. The smallest absolute Gasteiger partial charge is 0.271 e. The Morgan fingerprint density at radius 1 is 0.969 bits per heavy atom. The zero-order valence-corrected chi connectivity index (χ0v) is 18.7. The van der Waals surface area contributed by atoms with Crippen LogP contribution in [-0.2, 0) is 16.0 Å². The normalized spacial score (nSPS) is 10.4. The molecule has 0 fully saturated rings. The molecule has 0 radical (unpaired) electrons. The van der Waals surface area contributed by atoms with E-state index in [0.717, 1.165) is 16.0 Å². The summed E-state index contributed by atoms with van der Waals surface area (Å²) in [6.07, 6.45) is 0.241. The zero-order valence-electron chi connectivity index (χ0n) is 17.1. The number of thioether (sulfide) groups is 1. The van der Waals surface area contributed by atoms with Gasteiger partial charge in [0.15, 0.2) is 0 Å². The van der Waals surface area contributed by atoms with Crippen LogP contribution in [0.15, 0.2) is 71.6 Å². The molecule has 0 bridgehead atoms. The largest absolute Gasteiger partial charge is 0.326 e. The first-order chi connectivity index (χ1) is 15.3. The van der Waals surface area contributed by atoms with Crippen LogP contribution in [-0.4, -0.2) is 22.5 Å². The SMILES string of the molecule is Cc1ccc([N+](=O)[O-])cc1NC(=O)CSc1ccc(NC(=O)Cc2ccc(Cl)cc2)cc1. The minimum atomic E-state index is -0.500. The van der Waals surface area contributed by atoms with E-state index in [4.69, 9.17) is 11.6 Å². The molecular formula is C23H20ClN3O4S. The highest BCUT2D eigenvalue weighted by Crippen LogP contribution is 2.24. The van der Waals surface area contributed by atoms with Crippen molar-refractivity contribution in [1.82, 2.24) is 0 Å². The van der Waals surface area contributed by atoms with E-state index < -0.39 is 4.92 Å². The van der Waals surface area contributed by atoms with Gasteiger partial charge in [-0.2, -0.15) is 0 Å². The summed E-state index contributed by atoms with van der Waals surface area (Å²) >= 11 is 7.18. The minimum Gasteiger partial charge on any atom is -0.326 e. The van der Waals surface area contributed by atoms with Gasteiger partial charge in [0.2, 0.25) is 11.8 Å². The molecule has 0 saturated heterocycles. The molecule has 32 heavy (non-hydrogen) atoms. The number of nitrogens with zero attached hydrogens (tertiary/aromatic N) is 1. The Morgan fingerprint density at radius 2 is 1.66 bits per heavy atom. The van der Waals surface area contributed by atoms with Gasteiger partial charge in [0, 0.05) is 27.7 Å². The lowest BCUT2D eigenvalue weighted by molar-refractivity contribution is -0.384. The molecule has 0 aliphatic carbocycles. The molecule has 0 saturated carbocycles. The minimum absolute atomic E-state index is 0.0766. The first-order valence-electron chi connectivity index (χ1n) is 9.62. The van der Waals surface area contributed by atoms with Crippen molar-refractivity contribution in [1.29, 1.82) is 0 Å². The van der Waals surface area contributed by atoms with Crippen LogP contribution in [0.3, 0.4) is 0 Å². The molecule has 2 N–H and O–H groups in total. The molecule has 2 amide bonds. The van der Waals surface area contributed by atoms with E-state index in [0.29, 0.717) is 16.4 Å². The Balaban J connectivity index is 1.49. The van der Waals surface area contributed by atoms with E-state index in [-0.39, 0.29) is 29.7 Å². The van der Waals surface area contributed by atoms with Gasteiger partial charge in [-0.25, -0.2) is 0 Å². The number of nitro groups is 1. The predicted molar refractivity (Wildman–Crippen MR) is 127 cm³/mol. The van der Waals surface area contributed by atoms with Gasteiger partial charge in [0.1, 0.15) is 0 Å². The maximum Gasteiger partial charge on any atom is 0.271 e. The van der Waals surface area contributed by atoms with E-state index in [1.807, 2.05) is 24.3 Å². The summed E-state index contributed by atoms with van der Waals surface area (Å²) in [5, 5.41) is 17.1. The number of carbonyl (C=O) groups is 2. The molecule has 9 heteroatoms. The van der Waals surface area contributed by atoms with Gasteiger partial charge in [0.25, 0.3) is 5.69 Å². The Bertz CT molecular complexity index is 1130. The number of hydrogen-bond acceptors (Lipinski definition) is 5. The summed E-state index contributed by atoms with van der Waals surface area (Å²) in [5.41, 5.74) is 2.61. The first-order valence-corrected chi connectivity index (χ1v) is 11.0. The van der Waals surface area contributed by atoms with Gasteiger partial charge in [-0.1, -0.05) is 29.8 Å². The second-order valence-electron chi connectivity index (χ2n) is 6.97. The van der Waals surface area contributed by atoms with E-state index >= 15 is 0 Å². The maximum absolute atomic E-state index is 12.3. The predicted octanol–water partition coefficient (Wildman–Crippen LogP) is 5.47. The van der Waals surface area contributed by atoms with E-state index in [2.05, 4.69) is 10.6 Å². The molecule has 3 aromatic rings. The molecule has 3 aromatic carbocycles. The molecule has 0 heterocycles. The Labute approximate surface area is 194 Å². The van der Waals surface area contributed by atoms with Crippen LogP contribution >= 0.6 is 23.4 Å². The molecule has 0 aliphatic heterocycles. The summed E-state index contributed by atoms with van der Waals surface area (Å²) in [5.74, 6) is -0.261. The summed E-state index contributed by atoms with van der Waals surface area (Å²) in [6, 6.07) is 18.6. The molecule has 0 atom stereocenters. The highest BCUT2D eigenvalue weighted by Gasteiger charge is 2.11. The van der Waals surface area contributed by atoms with Crippen molar-refractivity contribution in [2.45, 2.75) is 18.2 Å². The number of nitrogens with one attached hydrogen (secondary N) is 2. The van der Waals surface area contributed by atoms with Gasteiger partial charge in [-0.15, -0.1) is 11.8 Å². The van der Waals surface area contributed by atoms with Crippen LogP contribution in [0.5, 0.6) is 0 Å². The molecular weight excluding hydrogens is 450 g/mol. The van der Waals surface area contributed by atoms with E-state index in [1.165, 1.54) is 23.9 Å². The number of anilines is 2. The molecule has 3 rings (SSSR count). The first kappa shape index (κ1) is 23.3. The number of hydrogen-bond donors (Lipinski definition) is 2. The third-order valence-corrected chi connectivity index (χ3v) is 5.76. The van der Waals surface area contributed by atoms with Crippen molar-refractivity contribution in [3.8, 4) is 0 Å². The Morgan fingerprint density at radius 3 is 2.31 bits per heavy atom. The second kappa shape index (κ2) is 10.8. The summed E-state index contributed by atoms with van der Waals surface area (Å²) < 4.78 is 0.